The normalized spacial score (nSPS) is 19.9. The summed E-state index contributed by atoms with van der Waals surface area (Å²) in [6.45, 7) is 9.45. The molecule has 2 heterocycles. The lowest BCUT2D eigenvalue weighted by molar-refractivity contribution is -0.385. The molecule has 0 saturated carbocycles. The van der Waals surface area contributed by atoms with Gasteiger partial charge in [0.25, 0.3) is 11.7 Å². The van der Waals surface area contributed by atoms with Crippen LogP contribution in [0.2, 0.25) is 0 Å². The molecule has 7 nitrogen and oxygen atoms in total. The molecule has 2 atom stereocenters. The van der Waals surface area contributed by atoms with E-state index in [-0.39, 0.29) is 5.69 Å². The van der Waals surface area contributed by atoms with Crippen LogP contribution in [0.4, 0.5) is 11.5 Å². The SMILES string of the molecule is [C-]#[N+]C1C(CC)=Nc2[nH]ncc2C1c1ccccc1[N+](=O)[O-]. The number of para-hydroxylation sites is 1. The second kappa shape index (κ2) is 5.41. The summed E-state index contributed by atoms with van der Waals surface area (Å²) in [5, 5.41) is 18.1. The van der Waals surface area contributed by atoms with Crippen LogP contribution in [0.25, 0.3) is 4.85 Å². The lowest BCUT2D eigenvalue weighted by atomic mass is 9.81. The molecule has 0 amide bonds. The van der Waals surface area contributed by atoms with E-state index in [9.17, 15) is 10.1 Å². The van der Waals surface area contributed by atoms with E-state index in [2.05, 4.69) is 20.0 Å². The molecule has 110 valence electrons. The molecule has 1 aromatic carbocycles. The zero-order valence-corrected chi connectivity index (χ0v) is 11.9. The van der Waals surface area contributed by atoms with Crippen molar-refractivity contribution in [2.24, 2.45) is 4.99 Å². The highest BCUT2D eigenvalue weighted by molar-refractivity contribution is 5.96. The Hall–Kier alpha value is -3.01. The highest BCUT2D eigenvalue weighted by Gasteiger charge is 2.42. The summed E-state index contributed by atoms with van der Waals surface area (Å²) < 4.78 is 0. The van der Waals surface area contributed by atoms with E-state index in [1.807, 2.05) is 6.92 Å². The van der Waals surface area contributed by atoms with E-state index in [1.54, 1.807) is 24.4 Å². The number of nitrogens with zero attached hydrogens (tertiary/aromatic N) is 4. The fourth-order valence-electron chi connectivity index (χ4n) is 2.87. The summed E-state index contributed by atoms with van der Waals surface area (Å²) in [6, 6.07) is 6.00. The van der Waals surface area contributed by atoms with E-state index in [4.69, 9.17) is 6.57 Å². The second-order valence-electron chi connectivity index (χ2n) is 5.00. The molecule has 0 saturated heterocycles. The quantitative estimate of drug-likeness (QED) is 0.535. The highest BCUT2D eigenvalue weighted by atomic mass is 16.6. The third kappa shape index (κ3) is 2.05. The third-order valence-electron chi connectivity index (χ3n) is 3.86. The number of nitro benzene ring substituents is 1. The summed E-state index contributed by atoms with van der Waals surface area (Å²) in [4.78, 5) is 19.1. The minimum Gasteiger partial charge on any atom is -0.306 e. The van der Waals surface area contributed by atoms with Crippen molar-refractivity contribution in [2.45, 2.75) is 25.3 Å². The largest absolute Gasteiger partial charge is 0.306 e. The average molecular weight is 295 g/mol. The lowest BCUT2D eigenvalue weighted by Crippen LogP contribution is -2.28. The molecule has 1 aliphatic heterocycles. The standard InChI is InChI=1S/C15H13N5O2/c1-3-11-14(16-2)13(10-8-17-19-15(10)18-11)9-6-4-5-7-12(9)20(21)22/h4-8,13-14H,3H2,1H3,(H,17,19). The van der Waals surface area contributed by atoms with Gasteiger partial charge in [0.05, 0.1) is 11.1 Å². The molecule has 0 aliphatic carbocycles. The zero-order chi connectivity index (χ0) is 15.7. The van der Waals surface area contributed by atoms with Crippen molar-refractivity contribution >= 4 is 17.2 Å². The van der Waals surface area contributed by atoms with Crippen LogP contribution in [0, 0.1) is 16.7 Å². The Labute approximate surface area is 126 Å². The van der Waals surface area contributed by atoms with Crippen LogP contribution in [0.5, 0.6) is 0 Å². The van der Waals surface area contributed by atoms with E-state index in [0.29, 0.717) is 17.8 Å². The molecule has 3 rings (SSSR count). The highest BCUT2D eigenvalue weighted by Crippen LogP contribution is 2.42. The summed E-state index contributed by atoms with van der Waals surface area (Å²) in [5.74, 6) is 0.153. The van der Waals surface area contributed by atoms with Gasteiger partial charge in [-0.05, 0) is 6.42 Å². The summed E-state index contributed by atoms with van der Waals surface area (Å²) in [6.07, 6.45) is 2.22. The molecule has 1 aromatic heterocycles. The van der Waals surface area contributed by atoms with Gasteiger partial charge in [-0.3, -0.25) is 15.2 Å². The number of rotatable bonds is 3. The Kier molecular flexibility index (Phi) is 3.43. The fraction of sp³-hybridized carbons (Fsp3) is 0.267. The number of benzene rings is 1. The number of nitrogens with one attached hydrogen (secondary N) is 1. The monoisotopic (exact) mass is 295 g/mol. The first kappa shape index (κ1) is 13.9. The maximum Gasteiger partial charge on any atom is 0.273 e. The maximum atomic E-state index is 11.3. The average Bonchev–Trinajstić information content (AvgIpc) is 3.00. The van der Waals surface area contributed by atoms with Gasteiger partial charge >= 0.3 is 0 Å². The smallest absolute Gasteiger partial charge is 0.273 e. The summed E-state index contributed by atoms with van der Waals surface area (Å²) >= 11 is 0. The van der Waals surface area contributed by atoms with Gasteiger partial charge in [-0.25, -0.2) is 11.6 Å². The van der Waals surface area contributed by atoms with Gasteiger partial charge in [0.2, 0.25) is 0 Å². The van der Waals surface area contributed by atoms with E-state index >= 15 is 0 Å². The molecule has 0 fully saturated rings. The number of hydrogen-bond acceptors (Lipinski definition) is 4. The fourth-order valence-corrected chi connectivity index (χ4v) is 2.87. The number of aromatic amines is 1. The zero-order valence-electron chi connectivity index (χ0n) is 11.9. The van der Waals surface area contributed by atoms with E-state index in [1.165, 1.54) is 6.07 Å². The maximum absolute atomic E-state index is 11.3. The number of aromatic nitrogens is 2. The van der Waals surface area contributed by atoms with Gasteiger partial charge in [0.15, 0.2) is 5.82 Å². The van der Waals surface area contributed by atoms with Gasteiger partial charge in [-0.2, -0.15) is 5.10 Å². The molecule has 0 radical (unpaired) electrons. The van der Waals surface area contributed by atoms with Crippen molar-refractivity contribution < 1.29 is 4.92 Å². The molecular formula is C15H13N5O2. The van der Waals surface area contributed by atoms with Gasteiger partial charge in [-0.1, -0.05) is 25.1 Å². The Morgan fingerprint density at radius 1 is 1.41 bits per heavy atom. The molecule has 0 bridgehead atoms. The molecule has 0 spiro atoms. The molecule has 2 unspecified atom stereocenters. The van der Waals surface area contributed by atoms with Crippen molar-refractivity contribution in [1.29, 1.82) is 0 Å². The molecular weight excluding hydrogens is 282 g/mol. The number of fused-ring (bicyclic) bond motifs is 1. The van der Waals surface area contributed by atoms with Gasteiger partial charge in [0, 0.05) is 17.2 Å². The molecule has 7 heteroatoms. The van der Waals surface area contributed by atoms with Gasteiger partial charge in [-0.15, -0.1) is 0 Å². The first-order valence-electron chi connectivity index (χ1n) is 6.88. The van der Waals surface area contributed by atoms with Gasteiger partial charge < -0.3 is 4.85 Å². The van der Waals surface area contributed by atoms with Crippen LogP contribution in [0.3, 0.4) is 0 Å². The lowest BCUT2D eigenvalue weighted by Gasteiger charge is -2.23. The Balaban J connectivity index is 2.24. The summed E-state index contributed by atoms with van der Waals surface area (Å²) in [7, 11) is 0. The van der Waals surface area contributed by atoms with Crippen molar-refractivity contribution in [2.75, 3.05) is 0 Å². The Bertz CT molecular complexity index is 802. The summed E-state index contributed by atoms with van der Waals surface area (Å²) in [5.41, 5.74) is 1.99. The topological polar surface area (TPSA) is 88.5 Å². The van der Waals surface area contributed by atoms with Crippen molar-refractivity contribution in [3.8, 4) is 0 Å². The Morgan fingerprint density at radius 2 is 2.18 bits per heavy atom. The van der Waals surface area contributed by atoms with E-state index < -0.39 is 16.9 Å². The first-order chi connectivity index (χ1) is 10.7. The van der Waals surface area contributed by atoms with Crippen molar-refractivity contribution in [3.63, 3.8) is 0 Å². The van der Waals surface area contributed by atoms with Crippen molar-refractivity contribution in [1.82, 2.24) is 10.2 Å². The number of nitro groups is 1. The van der Waals surface area contributed by atoms with Crippen molar-refractivity contribution in [3.05, 3.63) is 63.1 Å². The Morgan fingerprint density at radius 3 is 2.86 bits per heavy atom. The van der Waals surface area contributed by atoms with Crippen LogP contribution >= 0.6 is 0 Å². The van der Waals surface area contributed by atoms with Crippen LogP contribution in [0.15, 0.2) is 35.5 Å². The number of aliphatic imine (C=N–C) groups is 1. The number of H-pyrrole nitrogens is 1. The predicted molar refractivity (Wildman–Crippen MR) is 81.3 cm³/mol. The number of hydrogen-bond donors (Lipinski definition) is 1. The predicted octanol–water partition coefficient (Wildman–Crippen LogP) is 3.23. The van der Waals surface area contributed by atoms with E-state index in [0.717, 1.165) is 11.3 Å². The van der Waals surface area contributed by atoms with Crippen LogP contribution in [0.1, 0.15) is 30.4 Å². The molecule has 22 heavy (non-hydrogen) atoms. The molecule has 1 aliphatic rings. The third-order valence-corrected chi connectivity index (χ3v) is 3.86. The minimum absolute atomic E-state index is 0.0191. The first-order valence-corrected chi connectivity index (χ1v) is 6.88. The minimum atomic E-state index is -0.545. The molecule has 2 aromatic rings. The van der Waals surface area contributed by atoms with Gasteiger partial charge in [0.1, 0.15) is 11.6 Å². The van der Waals surface area contributed by atoms with Crippen LogP contribution in [-0.4, -0.2) is 26.9 Å². The van der Waals surface area contributed by atoms with Crippen LogP contribution in [-0.2, 0) is 0 Å². The molecule has 1 N–H and O–H groups in total. The van der Waals surface area contributed by atoms with Crippen LogP contribution < -0.4 is 0 Å². The second-order valence-corrected chi connectivity index (χ2v) is 5.00.